The summed E-state index contributed by atoms with van der Waals surface area (Å²) in [7, 11) is 1.34. The number of fused-ring (bicyclic) bond motifs is 1. The highest BCUT2D eigenvalue weighted by Crippen LogP contribution is 2.18. The Labute approximate surface area is 79.4 Å². The molecular weight excluding hydrogens is 184 g/mol. The molecule has 1 aliphatic carbocycles. The van der Waals surface area contributed by atoms with E-state index >= 15 is 0 Å². The fourth-order valence-corrected chi connectivity index (χ4v) is 1.22. The zero-order valence-corrected chi connectivity index (χ0v) is 7.35. The van der Waals surface area contributed by atoms with Crippen LogP contribution in [0.25, 0.3) is 0 Å². The Hall–Kier alpha value is -2.04. The van der Waals surface area contributed by atoms with Gasteiger partial charge in [-0.1, -0.05) is 0 Å². The molecule has 1 aliphatic rings. The summed E-state index contributed by atoms with van der Waals surface area (Å²) >= 11 is 0. The van der Waals surface area contributed by atoms with Gasteiger partial charge in [0.25, 0.3) is 0 Å². The lowest BCUT2D eigenvalue weighted by Gasteiger charge is -2.11. The molecule has 0 amide bonds. The Morgan fingerprint density at radius 3 is 2.86 bits per heavy atom. The van der Waals surface area contributed by atoms with Crippen molar-refractivity contribution in [3.8, 4) is 0 Å². The van der Waals surface area contributed by atoms with Crippen LogP contribution in [0.2, 0.25) is 0 Å². The summed E-state index contributed by atoms with van der Waals surface area (Å²) in [6.07, 6.45) is 3.70. The van der Waals surface area contributed by atoms with E-state index in [0.29, 0.717) is 0 Å². The highest BCUT2D eigenvalue weighted by Gasteiger charge is 2.27. The van der Waals surface area contributed by atoms with Crippen molar-refractivity contribution in [2.24, 2.45) is 0 Å². The first-order valence-corrected chi connectivity index (χ1v) is 3.88. The van der Waals surface area contributed by atoms with E-state index in [4.69, 9.17) is 4.74 Å². The molecule has 2 rings (SSSR count). The molecular formula is C9H6N2O3. The molecule has 0 radical (unpaired) electrons. The van der Waals surface area contributed by atoms with E-state index in [1.54, 1.807) is 0 Å². The zero-order valence-electron chi connectivity index (χ0n) is 7.35. The summed E-state index contributed by atoms with van der Waals surface area (Å²) in [5.41, 5.74) is 0.322. The Balaban J connectivity index is 2.61. The van der Waals surface area contributed by atoms with Gasteiger partial charge in [0.1, 0.15) is 12.0 Å². The van der Waals surface area contributed by atoms with Gasteiger partial charge in [0.2, 0.25) is 5.78 Å². The first-order chi connectivity index (χ1) is 6.74. The third kappa shape index (κ3) is 1.10. The molecule has 0 N–H and O–H groups in total. The number of methoxy groups -OCH3 is 1. The summed E-state index contributed by atoms with van der Waals surface area (Å²) in [6.45, 7) is 0. The molecule has 0 saturated heterocycles. The molecule has 14 heavy (non-hydrogen) atoms. The van der Waals surface area contributed by atoms with Crippen LogP contribution in [-0.2, 0) is 4.74 Å². The average Bonchev–Trinajstić information content (AvgIpc) is 2.23. The second-order valence-corrected chi connectivity index (χ2v) is 2.69. The molecule has 70 valence electrons. The lowest BCUT2D eigenvalue weighted by molar-refractivity contribution is 0.0911. The minimum atomic E-state index is -0.385. The molecule has 5 nitrogen and oxygen atoms in total. The SMILES string of the molecule is COC1=CC(=O)c2cncnc2C1=O. The van der Waals surface area contributed by atoms with E-state index in [1.165, 1.54) is 19.6 Å². The number of aromatic nitrogens is 2. The second kappa shape index (κ2) is 3.02. The van der Waals surface area contributed by atoms with Crippen molar-refractivity contribution in [1.29, 1.82) is 0 Å². The van der Waals surface area contributed by atoms with Gasteiger partial charge in [0.15, 0.2) is 11.5 Å². The third-order valence-electron chi connectivity index (χ3n) is 1.90. The molecule has 0 saturated carbocycles. The molecule has 0 atom stereocenters. The topological polar surface area (TPSA) is 69.2 Å². The van der Waals surface area contributed by atoms with Crippen molar-refractivity contribution in [2.45, 2.75) is 0 Å². The number of nitrogens with zero attached hydrogens (tertiary/aromatic N) is 2. The maximum atomic E-state index is 11.6. The van der Waals surface area contributed by atoms with E-state index in [1.807, 2.05) is 0 Å². The fraction of sp³-hybridized carbons (Fsp3) is 0.111. The van der Waals surface area contributed by atoms with Crippen LogP contribution in [0.5, 0.6) is 0 Å². The van der Waals surface area contributed by atoms with Crippen LogP contribution in [0.4, 0.5) is 0 Å². The first-order valence-electron chi connectivity index (χ1n) is 3.88. The molecule has 1 aromatic heterocycles. The van der Waals surface area contributed by atoms with Crippen molar-refractivity contribution in [1.82, 2.24) is 9.97 Å². The lowest BCUT2D eigenvalue weighted by Crippen LogP contribution is -2.19. The van der Waals surface area contributed by atoms with E-state index in [0.717, 1.165) is 6.08 Å². The normalized spacial score (nSPS) is 14.8. The minimum absolute atomic E-state index is 0.0150. The lowest BCUT2D eigenvalue weighted by atomic mass is 10.0. The summed E-state index contributed by atoms with van der Waals surface area (Å²) in [5.74, 6) is -0.678. The highest BCUT2D eigenvalue weighted by molar-refractivity contribution is 6.22. The van der Waals surface area contributed by atoms with Crippen molar-refractivity contribution in [2.75, 3.05) is 7.11 Å². The standard InChI is InChI=1S/C9H6N2O3/c1-14-7-2-6(12)5-3-10-4-11-8(5)9(7)13/h2-4H,1H3. The van der Waals surface area contributed by atoms with Crippen molar-refractivity contribution >= 4 is 11.6 Å². The molecule has 0 spiro atoms. The molecule has 0 fully saturated rings. The van der Waals surface area contributed by atoms with Crippen LogP contribution < -0.4 is 0 Å². The maximum Gasteiger partial charge on any atom is 0.246 e. The minimum Gasteiger partial charge on any atom is -0.492 e. The molecule has 5 heteroatoms. The molecule has 0 aromatic carbocycles. The predicted molar refractivity (Wildman–Crippen MR) is 45.8 cm³/mol. The van der Waals surface area contributed by atoms with Crippen LogP contribution in [0.1, 0.15) is 20.8 Å². The van der Waals surface area contributed by atoms with E-state index in [2.05, 4.69) is 9.97 Å². The number of Topliss-reactive ketones (excluding diaryl/α,β-unsaturated/α-hetero) is 1. The largest absolute Gasteiger partial charge is 0.492 e. The van der Waals surface area contributed by atoms with Gasteiger partial charge in [-0.15, -0.1) is 0 Å². The van der Waals surface area contributed by atoms with Crippen LogP contribution in [0.3, 0.4) is 0 Å². The third-order valence-corrected chi connectivity index (χ3v) is 1.90. The van der Waals surface area contributed by atoms with Crippen molar-refractivity contribution < 1.29 is 14.3 Å². The van der Waals surface area contributed by atoms with E-state index < -0.39 is 0 Å². The number of rotatable bonds is 1. The monoisotopic (exact) mass is 190 g/mol. The van der Waals surface area contributed by atoms with Gasteiger partial charge in [0, 0.05) is 12.3 Å². The molecule has 1 aromatic rings. The van der Waals surface area contributed by atoms with Gasteiger partial charge in [-0.25, -0.2) is 9.97 Å². The molecule has 0 aliphatic heterocycles. The molecule has 1 heterocycles. The van der Waals surface area contributed by atoms with E-state index in [-0.39, 0.29) is 28.6 Å². The fourth-order valence-electron chi connectivity index (χ4n) is 1.22. The average molecular weight is 190 g/mol. The van der Waals surface area contributed by atoms with Crippen LogP contribution in [-0.4, -0.2) is 28.6 Å². The number of carbonyl (C=O) groups is 2. The van der Waals surface area contributed by atoms with Crippen LogP contribution >= 0.6 is 0 Å². The maximum absolute atomic E-state index is 11.6. The number of ether oxygens (including phenoxy) is 1. The number of hydrogen-bond donors (Lipinski definition) is 0. The number of carbonyl (C=O) groups excluding carboxylic acids is 2. The molecule has 0 bridgehead atoms. The summed E-state index contributed by atoms with van der Waals surface area (Å²) in [5, 5.41) is 0. The summed E-state index contributed by atoms with van der Waals surface area (Å²) in [4.78, 5) is 30.4. The Morgan fingerprint density at radius 1 is 1.36 bits per heavy atom. The Morgan fingerprint density at radius 2 is 2.14 bits per heavy atom. The van der Waals surface area contributed by atoms with E-state index in [9.17, 15) is 9.59 Å². The summed E-state index contributed by atoms with van der Waals surface area (Å²) in [6, 6.07) is 0. The quantitative estimate of drug-likeness (QED) is 0.640. The zero-order chi connectivity index (χ0) is 10.1. The number of hydrogen-bond acceptors (Lipinski definition) is 5. The second-order valence-electron chi connectivity index (χ2n) is 2.69. The molecule has 0 unspecified atom stereocenters. The van der Waals surface area contributed by atoms with Gasteiger partial charge in [-0.2, -0.15) is 0 Å². The Kier molecular flexibility index (Phi) is 1.85. The van der Waals surface area contributed by atoms with Gasteiger partial charge >= 0.3 is 0 Å². The van der Waals surface area contributed by atoms with Crippen LogP contribution in [0.15, 0.2) is 24.4 Å². The van der Waals surface area contributed by atoms with Gasteiger partial charge < -0.3 is 4.74 Å². The predicted octanol–water partition coefficient (Wildman–Crippen LogP) is 0.386. The van der Waals surface area contributed by atoms with Gasteiger partial charge in [0.05, 0.1) is 12.7 Å². The number of allylic oxidation sites excluding steroid dienone is 2. The van der Waals surface area contributed by atoms with Gasteiger partial charge in [-0.05, 0) is 0 Å². The first kappa shape index (κ1) is 8.55. The smallest absolute Gasteiger partial charge is 0.246 e. The van der Waals surface area contributed by atoms with Gasteiger partial charge in [-0.3, -0.25) is 9.59 Å². The van der Waals surface area contributed by atoms with Crippen molar-refractivity contribution in [3.63, 3.8) is 0 Å². The van der Waals surface area contributed by atoms with Crippen LogP contribution in [0, 0.1) is 0 Å². The highest BCUT2D eigenvalue weighted by atomic mass is 16.5. The van der Waals surface area contributed by atoms with Crippen molar-refractivity contribution in [3.05, 3.63) is 35.6 Å². The number of ketones is 2. The Bertz CT molecular complexity index is 451. The summed E-state index contributed by atoms with van der Waals surface area (Å²) < 4.78 is 4.76.